The molecule has 4 aromatic rings. The summed E-state index contributed by atoms with van der Waals surface area (Å²) < 4.78 is 12.1. The second-order valence-electron chi connectivity index (χ2n) is 7.31. The highest BCUT2D eigenvalue weighted by atomic mass is 16.6. The molecular formula is C25H22N4O5. The van der Waals surface area contributed by atoms with Crippen LogP contribution in [0.1, 0.15) is 15.9 Å². The second kappa shape index (κ2) is 9.86. The molecule has 9 nitrogen and oxygen atoms in total. The lowest BCUT2D eigenvalue weighted by Gasteiger charge is -2.11. The average molecular weight is 458 g/mol. The highest BCUT2D eigenvalue weighted by Crippen LogP contribution is 2.34. The number of nitrogens with one attached hydrogen (secondary N) is 1. The minimum absolute atomic E-state index is 0.112. The lowest BCUT2D eigenvalue weighted by Crippen LogP contribution is -2.24. The van der Waals surface area contributed by atoms with Crippen molar-refractivity contribution < 1.29 is 19.2 Å². The maximum absolute atomic E-state index is 13.0. The second-order valence-corrected chi connectivity index (χ2v) is 7.31. The van der Waals surface area contributed by atoms with Gasteiger partial charge < -0.3 is 14.8 Å². The number of ether oxygens (including phenoxy) is 2. The van der Waals surface area contributed by atoms with Crippen LogP contribution in [0.25, 0.3) is 16.9 Å². The first-order valence-electron chi connectivity index (χ1n) is 10.4. The lowest BCUT2D eigenvalue weighted by atomic mass is 10.1. The zero-order valence-corrected chi connectivity index (χ0v) is 18.6. The van der Waals surface area contributed by atoms with Crippen LogP contribution in [0.15, 0.2) is 79.0 Å². The van der Waals surface area contributed by atoms with Gasteiger partial charge in [0.2, 0.25) is 0 Å². The van der Waals surface area contributed by atoms with Crippen LogP contribution in [0.4, 0.5) is 5.69 Å². The van der Waals surface area contributed by atoms with Gasteiger partial charge >= 0.3 is 0 Å². The standard InChI is InChI=1S/C25H22N4O5/c1-33-22-13-20(21(29(31)32)14-23(22)34-2)25(30)26-15-18-16-28(19-11-7-4-8-12-19)27-24(18)17-9-5-3-6-10-17/h3-14,16H,15H2,1-2H3,(H,26,30). The van der Waals surface area contributed by atoms with E-state index in [0.29, 0.717) is 5.69 Å². The molecule has 0 radical (unpaired) electrons. The van der Waals surface area contributed by atoms with Crippen LogP contribution in [0.2, 0.25) is 0 Å². The zero-order chi connectivity index (χ0) is 24.1. The number of nitro groups is 1. The van der Waals surface area contributed by atoms with E-state index in [1.807, 2.05) is 66.9 Å². The molecule has 0 spiro atoms. The van der Waals surface area contributed by atoms with Crippen LogP contribution in [0.5, 0.6) is 11.5 Å². The largest absolute Gasteiger partial charge is 0.493 e. The first kappa shape index (κ1) is 22.5. The van der Waals surface area contributed by atoms with Crippen LogP contribution in [0, 0.1) is 10.1 Å². The lowest BCUT2D eigenvalue weighted by molar-refractivity contribution is -0.385. The van der Waals surface area contributed by atoms with Crippen molar-refractivity contribution in [2.45, 2.75) is 6.54 Å². The molecule has 0 saturated carbocycles. The van der Waals surface area contributed by atoms with Gasteiger partial charge in [0.1, 0.15) is 5.56 Å². The van der Waals surface area contributed by atoms with E-state index in [9.17, 15) is 14.9 Å². The van der Waals surface area contributed by atoms with Gasteiger partial charge in [0.15, 0.2) is 11.5 Å². The highest BCUT2D eigenvalue weighted by molar-refractivity contribution is 5.99. The van der Waals surface area contributed by atoms with E-state index < -0.39 is 10.8 Å². The van der Waals surface area contributed by atoms with Crippen LogP contribution in [-0.2, 0) is 6.54 Å². The van der Waals surface area contributed by atoms with Crippen molar-refractivity contribution in [2.75, 3.05) is 14.2 Å². The van der Waals surface area contributed by atoms with Crippen molar-refractivity contribution >= 4 is 11.6 Å². The summed E-state index contributed by atoms with van der Waals surface area (Å²) >= 11 is 0. The number of carbonyl (C=O) groups is 1. The number of benzene rings is 3. The Morgan fingerprint density at radius 3 is 2.24 bits per heavy atom. The van der Waals surface area contributed by atoms with Crippen LogP contribution in [-0.4, -0.2) is 34.8 Å². The molecule has 0 bridgehead atoms. The smallest absolute Gasteiger partial charge is 0.286 e. The molecule has 1 amide bonds. The van der Waals surface area contributed by atoms with Crippen LogP contribution >= 0.6 is 0 Å². The van der Waals surface area contributed by atoms with Gasteiger partial charge in [0.05, 0.1) is 36.6 Å². The Bertz CT molecular complexity index is 1320. The summed E-state index contributed by atoms with van der Waals surface area (Å²) in [5.41, 5.74) is 2.71. The van der Waals surface area contributed by atoms with Crippen molar-refractivity contribution in [1.29, 1.82) is 0 Å². The Labute approximate surface area is 195 Å². The average Bonchev–Trinajstić information content (AvgIpc) is 3.31. The molecule has 34 heavy (non-hydrogen) atoms. The van der Waals surface area contributed by atoms with Crippen LogP contribution < -0.4 is 14.8 Å². The van der Waals surface area contributed by atoms with E-state index in [1.165, 1.54) is 26.4 Å². The summed E-state index contributed by atoms with van der Waals surface area (Å²) in [6, 6.07) is 21.7. The first-order valence-corrected chi connectivity index (χ1v) is 10.4. The third-order valence-corrected chi connectivity index (χ3v) is 5.24. The summed E-state index contributed by atoms with van der Waals surface area (Å²) in [4.78, 5) is 24.0. The van der Waals surface area contributed by atoms with Crippen molar-refractivity contribution in [2.24, 2.45) is 0 Å². The molecule has 1 N–H and O–H groups in total. The zero-order valence-electron chi connectivity index (χ0n) is 18.6. The maximum Gasteiger partial charge on any atom is 0.286 e. The maximum atomic E-state index is 13.0. The summed E-state index contributed by atoms with van der Waals surface area (Å²) in [6.45, 7) is 0.112. The van der Waals surface area contributed by atoms with E-state index >= 15 is 0 Å². The van der Waals surface area contributed by atoms with Crippen molar-refractivity contribution in [3.8, 4) is 28.4 Å². The Morgan fingerprint density at radius 1 is 1.00 bits per heavy atom. The molecule has 9 heteroatoms. The van der Waals surface area contributed by atoms with Gasteiger partial charge in [-0.05, 0) is 12.1 Å². The molecule has 0 aliphatic heterocycles. The first-order chi connectivity index (χ1) is 16.5. The minimum atomic E-state index is -0.625. The number of para-hydroxylation sites is 1. The molecule has 0 atom stereocenters. The summed E-state index contributed by atoms with van der Waals surface area (Å²) in [5.74, 6) is -0.222. The fraction of sp³-hybridized carbons (Fsp3) is 0.120. The Balaban J connectivity index is 1.67. The third kappa shape index (κ3) is 4.58. The Kier molecular flexibility index (Phi) is 6.54. The van der Waals surface area contributed by atoms with Gasteiger partial charge in [-0.2, -0.15) is 5.10 Å². The molecular weight excluding hydrogens is 436 g/mol. The predicted molar refractivity (Wildman–Crippen MR) is 126 cm³/mol. The fourth-order valence-corrected chi connectivity index (χ4v) is 3.56. The molecule has 0 unspecified atom stereocenters. The predicted octanol–water partition coefficient (Wildman–Crippen LogP) is 4.39. The molecule has 4 rings (SSSR count). The van der Waals surface area contributed by atoms with E-state index in [-0.39, 0.29) is 29.3 Å². The summed E-state index contributed by atoms with van der Waals surface area (Å²) in [7, 11) is 2.77. The van der Waals surface area contributed by atoms with Gasteiger partial charge in [0.25, 0.3) is 11.6 Å². The molecule has 172 valence electrons. The van der Waals surface area contributed by atoms with Crippen molar-refractivity contribution in [3.63, 3.8) is 0 Å². The van der Waals surface area contributed by atoms with Gasteiger partial charge in [0, 0.05) is 29.9 Å². The van der Waals surface area contributed by atoms with Gasteiger partial charge in [-0.1, -0.05) is 48.5 Å². The third-order valence-electron chi connectivity index (χ3n) is 5.24. The van der Waals surface area contributed by atoms with Gasteiger partial charge in [-0.15, -0.1) is 0 Å². The molecule has 0 saturated heterocycles. The number of hydrogen-bond donors (Lipinski definition) is 1. The monoisotopic (exact) mass is 458 g/mol. The molecule has 0 aliphatic rings. The topological polar surface area (TPSA) is 109 Å². The van der Waals surface area contributed by atoms with Crippen molar-refractivity contribution in [1.82, 2.24) is 15.1 Å². The molecule has 3 aromatic carbocycles. The normalized spacial score (nSPS) is 10.5. The minimum Gasteiger partial charge on any atom is -0.493 e. The molecule has 0 fully saturated rings. The number of nitrogens with zero attached hydrogens (tertiary/aromatic N) is 3. The summed E-state index contributed by atoms with van der Waals surface area (Å²) in [5, 5.41) is 19.1. The Hall–Kier alpha value is -4.66. The highest BCUT2D eigenvalue weighted by Gasteiger charge is 2.25. The number of rotatable bonds is 8. The quantitative estimate of drug-likeness (QED) is 0.310. The van der Waals surface area contributed by atoms with E-state index in [0.717, 1.165) is 16.8 Å². The van der Waals surface area contributed by atoms with E-state index in [2.05, 4.69) is 5.32 Å². The van der Waals surface area contributed by atoms with Crippen LogP contribution in [0.3, 0.4) is 0 Å². The Morgan fingerprint density at radius 2 is 1.62 bits per heavy atom. The number of methoxy groups -OCH3 is 2. The number of hydrogen-bond acceptors (Lipinski definition) is 6. The van der Waals surface area contributed by atoms with Gasteiger partial charge in [-0.25, -0.2) is 4.68 Å². The van der Waals surface area contributed by atoms with Gasteiger partial charge in [-0.3, -0.25) is 14.9 Å². The SMILES string of the molecule is COc1cc(C(=O)NCc2cn(-c3ccccc3)nc2-c2ccccc2)c([N+](=O)[O-])cc1OC. The number of nitro benzene ring substituents is 1. The molecule has 0 aliphatic carbocycles. The van der Waals surface area contributed by atoms with E-state index in [1.54, 1.807) is 4.68 Å². The van der Waals surface area contributed by atoms with Crippen molar-refractivity contribution in [3.05, 3.63) is 100 Å². The number of aromatic nitrogens is 2. The number of carbonyl (C=O) groups excluding carboxylic acids is 1. The fourth-order valence-electron chi connectivity index (χ4n) is 3.56. The summed E-state index contributed by atoms with van der Waals surface area (Å²) in [6.07, 6.45) is 1.83. The molecule has 1 heterocycles. The molecule has 1 aromatic heterocycles. The number of amides is 1. The van der Waals surface area contributed by atoms with E-state index in [4.69, 9.17) is 14.6 Å².